The molecular formula is C14H20N4O2S. The lowest BCUT2D eigenvalue weighted by Crippen LogP contribution is -2.30. The number of carbonyl (C=O) groups excluding carboxylic acids is 1. The number of nitrogens with zero attached hydrogens (tertiary/aromatic N) is 1. The molecule has 0 aliphatic rings. The zero-order valence-electron chi connectivity index (χ0n) is 12.1. The predicted molar refractivity (Wildman–Crippen MR) is 87.1 cm³/mol. The van der Waals surface area contributed by atoms with Crippen molar-refractivity contribution in [1.82, 2.24) is 10.7 Å². The summed E-state index contributed by atoms with van der Waals surface area (Å²) in [6.45, 7) is 2.20. The molecule has 1 aromatic carbocycles. The Morgan fingerprint density at radius 2 is 2.10 bits per heavy atom. The van der Waals surface area contributed by atoms with E-state index in [1.807, 2.05) is 37.3 Å². The van der Waals surface area contributed by atoms with Crippen LogP contribution in [0.5, 0.6) is 0 Å². The number of hydrazone groups is 1. The molecule has 0 spiro atoms. The molecule has 1 unspecified atom stereocenters. The van der Waals surface area contributed by atoms with Crippen LogP contribution in [-0.2, 0) is 4.74 Å². The van der Waals surface area contributed by atoms with Gasteiger partial charge in [-0.15, -0.1) is 0 Å². The predicted octanol–water partition coefficient (Wildman–Crippen LogP) is 1.61. The number of rotatable bonds is 6. The van der Waals surface area contributed by atoms with Gasteiger partial charge in [0, 0.05) is 7.05 Å². The van der Waals surface area contributed by atoms with E-state index < -0.39 is 6.09 Å². The van der Waals surface area contributed by atoms with E-state index in [0.29, 0.717) is 11.5 Å². The highest BCUT2D eigenvalue weighted by Crippen LogP contribution is 2.11. The zero-order valence-corrected chi connectivity index (χ0v) is 12.9. The second-order valence-corrected chi connectivity index (χ2v) is 4.96. The molecule has 1 amide bonds. The van der Waals surface area contributed by atoms with Crippen LogP contribution >= 0.6 is 12.2 Å². The van der Waals surface area contributed by atoms with Crippen molar-refractivity contribution in [1.29, 1.82) is 0 Å². The maximum atomic E-state index is 10.6. The van der Waals surface area contributed by atoms with Gasteiger partial charge in [0.25, 0.3) is 0 Å². The molecule has 0 saturated carbocycles. The summed E-state index contributed by atoms with van der Waals surface area (Å²) in [5.41, 5.74) is 9.56. The highest BCUT2D eigenvalue weighted by Gasteiger charge is 2.11. The second kappa shape index (κ2) is 8.91. The summed E-state index contributed by atoms with van der Waals surface area (Å²) in [6.07, 6.45) is -0.147. The summed E-state index contributed by atoms with van der Waals surface area (Å²) in [7, 11) is 1.72. The van der Waals surface area contributed by atoms with Crippen LogP contribution < -0.4 is 16.5 Å². The first-order chi connectivity index (χ1) is 10.0. The summed E-state index contributed by atoms with van der Waals surface area (Å²) in [6, 6.07) is 9.74. The van der Waals surface area contributed by atoms with Gasteiger partial charge in [0.15, 0.2) is 5.11 Å². The summed E-state index contributed by atoms with van der Waals surface area (Å²) >= 11 is 5.01. The fraction of sp³-hybridized carbons (Fsp3) is 0.357. The van der Waals surface area contributed by atoms with Crippen molar-refractivity contribution < 1.29 is 9.53 Å². The van der Waals surface area contributed by atoms with E-state index in [4.69, 9.17) is 22.7 Å². The number of nitrogens with two attached hydrogens (primary N) is 1. The van der Waals surface area contributed by atoms with Crippen molar-refractivity contribution in [2.75, 3.05) is 13.7 Å². The van der Waals surface area contributed by atoms with E-state index in [2.05, 4.69) is 15.8 Å². The van der Waals surface area contributed by atoms with Gasteiger partial charge in [-0.05, 0) is 30.1 Å². The number of carbonyl (C=O) groups is 1. The third-order valence-corrected chi connectivity index (χ3v) is 2.97. The van der Waals surface area contributed by atoms with Crippen molar-refractivity contribution in [2.24, 2.45) is 16.8 Å². The van der Waals surface area contributed by atoms with Gasteiger partial charge >= 0.3 is 6.09 Å². The number of hydrogen-bond donors (Lipinski definition) is 3. The van der Waals surface area contributed by atoms with Crippen molar-refractivity contribution in [3.63, 3.8) is 0 Å². The van der Waals surface area contributed by atoms with Crippen LogP contribution in [0.3, 0.4) is 0 Å². The second-order valence-electron chi connectivity index (χ2n) is 4.55. The average molecular weight is 308 g/mol. The average Bonchev–Trinajstić information content (AvgIpc) is 2.49. The van der Waals surface area contributed by atoms with Crippen molar-refractivity contribution in [3.8, 4) is 0 Å². The molecule has 7 heteroatoms. The largest absolute Gasteiger partial charge is 0.449 e. The first-order valence-corrected chi connectivity index (χ1v) is 6.95. The van der Waals surface area contributed by atoms with E-state index in [9.17, 15) is 4.79 Å². The van der Waals surface area contributed by atoms with Gasteiger partial charge in [0.2, 0.25) is 0 Å². The van der Waals surface area contributed by atoms with Crippen molar-refractivity contribution in [3.05, 3.63) is 35.9 Å². The zero-order chi connectivity index (χ0) is 15.7. The molecule has 0 radical (unpaired) electrons. The SMILES string of the molecule is CNC(=S)NN=C(CC(C)COC(N)=O)c1ccccc1. The molecule has 4 N–H and O–H groups in total. The molecule has 1 rings (SSSR count). The van der Waals surface area contributed by atoms with E-state index in [0.717, 1.165) is 11.3 Å². The fourth-order valence-corrected chi connectivity index (χ4v) is 1.69. The highest BCUT2D eigenvalue weighted by molar-refractivity contribution is 7.80. The van der Waals surface area contributed by atoms with Crippen molar-refractivity contribution in [2.45, 2.75) is 13.3 Å². The summed E-state index contributed by atoms with van der Waals surface area (Å²) < 4.78 is 4.81. The minimum Gasteiger partial charge on any atom is -0.449 e. The number of benzene rings is 1. The normalized spacial score (nSPS) is 12.4. The number of amides is 1. The molecule has 21 heavy (non-hydrogen) atoms. The van der Waals surface area contributed by atoms with Gasteiger partial charge in [-0.2, -0.15) is 5.10 Å². The molecule has 0 aliphatic heterocycles. The van der Waals surface area contributed by atoms with Crippen LogP contribution in [0.15, 0.2) is 35.4 Å². The molecular weight excluding hydrogens is 288 g/mol. The van der Waals surface area contributed by atoms with E-state index in [1.165, 1.54) is 0 Å². The fourth-order valence-electron chi connectivity index (χ4n) is 1.65. The Bertz CT molecular complexity index is 505. The third kappa shape index (κ3) is 6.71. The van der Waals surface area contributed by atoms with Gasteiger partial charge in [-0.3, -0.25) is 5.43 Å². The molecule has 0 heterocycles. The lowest BCUT2D eigenvalue weighted by atomic mass is 10.00. The van der Waals surface area contributed by atoms with Gasteiger partial charge in [-0.1, -0.05) is 37.3 Å². The van der Waals surface area contributed by atoms with Crippen LogP contribution in [0.4, 0.5) is 4.79 Å². The lowest BCUT2D eigenvalue weighted by molar-refractivity contribution is 0.141. The third-order valence-electron chi connectivity index (χ3n) is 2.68. The molecule has 6 nitrogen and oxygen atoms in total. The number of primary amides is 1. The summed E-state index contributed by atoms with van der Waals surface area (Å²) in [5.74, 6) is 0.0846. The first-order valence-electron chi connectivity index (χ1n) is 6.55. The first kappa shape index (κ1) is 16.9. The topological polar surface area (TPSA) is 88.7 Å². The summed E-state index contributed by atoms with van der Waals surface area (Å²) in [4.78, 5) is 10.6. The molecule has 114 valence electrons. The Balaban J connectivity index is 2.77. The Labute approximate surface area is 129 Å². The standard InChI is InChI=1S/C14H20N4O2S/c1-10(9-20-13(15)19)8-12(17-18-14(21)16-2)11-6-4-3-5-7-11/h3-7,10H,8-9H2,1-2H3,(H2,15,19)(H2,16,18,21). The minimum atomic E-state index is -0.769. The molecule has 1 aromatic rings. The Kier molecular flexibility index (Phi) is 7.17. The summed E-state index contributed by atoms with van der Waals surface area (Å²) in [5, 5.41) is 7.55. The van der Waals surface area contributed by atoms with Crippen LogP contribution in [0.25, 0.3) is 0 Å². The van der Waals surface area contributed by atoms with Gasteiger partial charge in [-0.25, -0.2) is 4.79 Å². The van der Waals surface area contributed by atoms with Crippen LogP contribution in [0.2, 0.25) is 0 Å². The molecule has 0 saturated heterocycles. The van der Waals surface area contributed by atoms with Crippen LogP contribution in [0.1, 0.15) is 18.9 Å². The highest BCUT2D eigenvalue weighted by atomic mass is 32.1. The molecule has 0 fully saturated rings. The van der Waals surface area contributed by atoms with E-state index in [1.54, 1.807) is 7.05 Å². The maximum absolute atomic E-state index is 10.6. The number of thiocarbonyl (C=S) groups is 1. The molecule has 0 aliphatic carbocycles. The smallest absolute Gasteiger partial charge is 0.404 e. The van der Waals surface area contributed by atoms with Gasteiger partial charge in [0.05, 0.1) is 12.3 Å². The number of nitrogens with one attached hydrogen (secondary N) is 2. The Morgan fingerprint density at radius 3 is 2.67 bits per heavy atom. The van der Waals surface area contributed by atoms with Gasteiger partial charge in [0.1, 0.15) is 0 Å². The van der Waals surface area contributed by atoms with E-state index in [-0.39, 0.29) is 12.5 Å². The Morgan fingerprint density at radius 1 is 1.43 bits per heavy atom. The minimum absolute atomic E-state index is 0.0846. The number of hydrogen-bond acceptors (Lipinski definition) is 4. The molecule has 0 aromatic heterocycles. The van der Waals surface area contributed by atoms with Crippen molar-refractivity contribution >= 4 is 29.1 Å². The van der Waals surface area contributed by atoms with Gasteiger partial charge < -0.3 is 15.8 Å². The monoisotopic (exact) mass is 308 g/mol. The lowest BCUT2D eigenvalue weighted by Gasteiger charge is -2.14. The molecule has 1 atom stereocenters. The molecule has 0 bridgehead atoms. The van der Waals surface area contributed by atoms with E-state index >= 15 is 0 Å². The number of ether oxygens (including phenoxy) is 1. The van der Waals surface area contributed by atoms with Crippen LogP contribution in [0, 0.1) is 5.92 Å². The Hall–Kier alpha value is -2.15. The quantitative estimate of drug-likeness (QED) is 0.422. The maximum Gasteiger partial charge on any atom is 0.404 e. The van der Waals surface area contributed by atoms with Crippen LogP contribution in [-0.4, -0.2) is 30.6 Å².